The van der Waals surface area contributed by atoms with E-state index < -0.39 is 0 Å². The predicted molar refractivity (Wildman–Crippen MR) is 78.1 cm³/mol. The van der Waals surface area contributed by atoms with Crippen molar-refractivity contribution in [3.63, 3.8) is 0 Å². The van der Waals surface area contributed by atoms with Crippen molar-refractivity contribution in [2.45, 2.75) is 6.92 Å². The number of hydrazone groups is 1. The molecular weight excluding hydrogens is 312 g/mol. The standard InChI is InChI=1S/C13H11BrN2OS/c1-9(10-4-2-5-11(14)8-10)15-16-13(17)12-6-3-7-18-12/h2-8H,1H3,(H,16,17)/b15-9-. The molecule has 92 valence electrons. The van der Waals surface area contributed by atoms with Gasteiger partial charge in [0.25, 0.3) is 5.91 Å². The average molecular weight is 323 g/mol. The van der Waals surface area contributed by atoms with Crippen molar-refractivity contribution in [3.8, 4) is 0 Å². The summed E-state index contributed by atoms with van der Waals surface area (Å²) in [6, 6.07) is 11.4. The number of rotatable bonds is 3. The smallest absolute Gasteiger partial charge is 0.266 e. The van der Waals surface area contributed by atoms with Crippen molar-refractivity contribution in [1.82, 2.24) is 5.43 Å². The van der Waals surface area contributed by atoms with Crippen LogP contribution in [0.15, 0.2) is 51.4 Å². The minimum atomic E-state index is -0.181. The van der Waals surface area contributed by atoms with E-state index in [4.69, 9.17) is 0 Å². The minimum absolute atomic E-state index is 0.181. The SMILES string of the molecule is C/C(=N/NC(=O)c1cccs1)c1cccc(Br)c1. The van der Waals surface area contributed by atoms with E-state index in [9.17, 15) is 4.79 Å². The molecule has 5 heteroatoms. The fourth-order valence-electron chi connectivity index (χ4n) is 1.38. The summed E-state index contributed by atoms with van der Waals surface area (Å²) in [4.78, 5) is 12.3. The molecule has 1 aromatic heterocycles. The van der Waals surface area contributed by atoms with Crippen LogP contribution >= 0.6 is 27.3 Å². The molecule has 0 fully saturated rings. The topological polar surface area (TPSA) is 41.5 Å². The van der Waals surface area contributed by atoms with Gasteiger partial charge in [-0.25, -0.2) is 5.43 Å². The number of thiophene rings is 1. The Morgan fingerprint density at radius 2 is 2.17 bits per heavy atom. The van der Waals surface area contributed by atoms with Crippen LogP contribution in [0.1, 0.15) is 22.2 Å². The summed E-state index contributed by atoms with van der Waals surface area (Å²) < 4.78 is 0.985. The Hall–Kier alpha value is -1.46. The normalized spacial score (nSPS) is 11.3. The van der Waals surface area contributed by atoms with Gasteiger partial charge in [-0.2, -0.15) is 5.10 Å². The maximum absolute atomic E-state index is 11.7. The summed E-state index contributed by atoms with van der Waals surface area (Å²) >= 11 is 4.79. The van der Waals surface area contributed by atoms with Crippen LogP contribution in [0.2, 0.25) is 0 Å². The number of halogens is 1. The minimum Gasteiger partial charge on any atom is -0.266 e. The van der Waals surface area contributed by atoms with Gasteiger partial charge >= 0.3 is 0 Å². The second kappa shape index (κ2) is 5.93. The summed E-state index contributed by atoms with van der Waals surface area (Å²) in [7, 11) is 0. The molecule has 0 unspecified atom stereocenters. The predicted octanol–water partition coefficient (Wildman–Crippen LogP) is 3.66. The molecule has 2 rings (SSSR count). The maximum atomic E-state index is 11.7. The van der Waals surface area contributed by atoms with Crippen molar-refractivity contribution >= 4 is 38.9 Å². The fourth-order valence-corrected chi connectivity index (χ4v) is 2.39. The number of nitrogens with zero attached hydrogens (tertiary/aromatic N) is 1. The number of benzene rings is 1. The van der Waals surface area contributed by atoms with E-state index in [2.05, 4.69) is 26.5 Å². The zero-order chi connectivity index (χ0) is 13.0. The highest BCUT2D eigenvalue weighted by Gasteiger charge is 2.05. The van der Waals surface area contributed by atoms with Gasteiger partial charge in [0.1, 0.15) is 0 Å². The molecule has 0 saturated carbocycles. The molecule has 0 atom stereocenters. The van der Waals surface area contributed by atoms with Crippen molar-refractivity contribution in [3.05, 3.63) is 56.7 Å². The Kier molecular flexibility index (Phi) is 4.28. The summed E-state index contributed by atoms with van der Waals surface area (Å²) in [5.41, 5.74) is 4.28. The fraction of sp³-hybridized carbons (Fsp3) is 0.0769. The highest BCUT2D eigenvalue weighted by atomic mass is 79.9. The lowest BCUT2D eigenvalue weighted by Gasteiger charge is -2.02. The third-order valence-electron chi connectivity index (χ3n) is 2.31. The Bertz CT molecular complexity index is 578. The Morgan fingerprint density at radius 1 is 1.33 bits per heavy atom. The van der Waals surface area contributed by atoms with E-state index in [1.165, 1.54) is 11.3 Å². The largest absolute Gasteiger partial charge is 0.281 e. The van der Waals surface area contributed by atoms with Crippen LogP contribution < -0.4 is 5.43 Å². The van der Waals surface area contributed by atoms with Crippen molar-refractivity contribution in [1.29, 1.82) is 0 Å². The lowest BCUT2D eigenvalue weighted by atomic mass is 10.1. The number of hydrogen-bond donors (Lipinski definition) is 1. The van der Waals surface area contributed by atoms with Gasteiger partial charge in [0, 0.05) is 4.47 Å². The van der Waals surface area contributed by atoms with E-state index in [1.807, 2.05) is 42.6 Å². The molecule has 2 aromatic rings. The van der Waals surface area contributed by atoms with E-state index in [1.54, 1.807) is 6.07 Å². The van der Waals surface area contributed by atoms with Crippen molar-refractivity contribution in [2.24, 2.45) is 5.10 Å². The maximum Gasteiger partial charge on any atom is 0.281 e. The molecular formula is C13H11BrN2OS. The van der Waals surface area contributed by atoms with Crippen LogP contribution in [0.3, 0.4) is 0 Å². The Morgan fingerprint density at radius 3 is 2.83 bits per heavy atom. The molecule has 0 radical (unpaired) electrons. The summed E-state index contributed by atoms with van der Waals surface area (Å²) in [6.07, 6.45) is 0. The number of hydrogen-bond acceptors (Lipinski definition) is 3. The zero-order valence-electron chi connectivity index (χ0n) is 9.68. The van der Waals surface area contributed by atoms with Crippen LogP contribution in [0, 0.1) is 0 Å². The summed E-state index contributed by atoms with van der Waals surface area (Å²) in [6.45, 7) is 1.86. The first kappa shape index (κ1) is 13.0. The van der Waals surface area contributed by atoms with Crippen LogP contribution in [0.4, 0.5) is 0 Å². The van der Waals surface area contributed by atoms with Crippen LogP contribution in [0.25, 0.3) is 0 Å². The summed E-state index contributed by atoms with van der Waals surface area (Å²) in [5.74, 6) is -0.181. The third-order valence-corrected chi connectivity index (χ3v) is 3.67. The van der Waals surface area contributed by atoms with Crippen LogP contribution in [0.5, 0.6) is 0 Å². The Balaban J connectivity index is 2.08. The van der Waals surface area contributed by atoms with Gasteiger partial charge in [-0.15, -0.1) is 11.3 Å². The van der Waals surface area contributed by atoms with Crippen LogP contribution in [-0.4, -0.2) is 11.6 Å². The van der Waals surface area contributed by atoms with Gasteiger partial charge < -0.3 is 0 Å². The second-order valence-corrected chi connectivity index (χ2v) is 5.49. The van der Waals surface area contributed by atoms with Gasteiger partial charge in [0.05, 0.1) is 10.6 Å². The molecule has 1 heterocycles. The van der Waals surface area contributed by atoms with Gasteiger partial charge in [-0.05, 0) is 36.1 Å². The molecule has 1 N–H and O–H groups in total. The summed E-state index contributed by atoms with van der Waals surface area (Å²) in [5, 5.41) is 5.96. The molecule has 1 amide bonds. The van der Waals surface area contributed by atoms with Gasteiger partial charge in [0.2, 0.25) is 0 Å². The molecule has 1 aromatic carbocycles. The molecule has 0 aliphatic heterocycles. The highest BCUT2D eigenvalue weighted by molar-refractivity contribution is 9.10. The highest BCUT2D eigenvalue weighted by Crippen LogP contribution is 2.12. The van der Waals surface area contributed by atoms with Gasteiger partial charge in [-0.1, -0.05) is 34.1 Å². The lowest BCUT2D eigenvalue weighted by molar-refractivity contribution is 0.0959. The molecule has 3 nitrogen and oxygen atoms in total. The van der Waals surface area contributed by atoms with E-state index in [-0.39, 0.29) is 5.91 Å². The molecule has 0 bridgehead atoms. The molecule has 18 heavy (non-hydrogen) atoms. The number of carbonyl (C=O) groups is 1. The Labute approximate surface area is 118 Å². The van der Waals surface area contributed by atoms with E-state index in [0.29, 0.717) is 4.88 Å². The first-order chi connectivity index (χ1) is 8.66. The number of carbonyl (C=O) groups excluding carboxylic acids is 1. The average Bonchev–Trinajstić information content (AvgIpc) is 2.89. The second-order valence-electron chi connectivity index (χ2n) is 3.63. The molecule has 0 saturated heterocycles. The first-order valence-corrected chi connectivity index (χ1v) is 6.98. The number of amides is 1. The van der Waals surface area contributed by atoms with E-state index in [0.717, 1.165) is 15.7 Å². The zero-order valence-corrected chi connectivity index (χ0v) is 12.1. The van der Waals surface area contributed by atoms with E-state index >= 15 is 0 Å². The van der Waals surface area contributed by atoms with Crippen LogP contribution in [-0.2, 0) is 0 Å². The van der Waals surface area contributed by atoms with Crippen molar-refractivity contribution < 1.29 is 4.79 Å². The third kappa shape index (κ3) is 3.27. The molecule has 0 aliphatic rings. The quantitative estimate of drug-likeness (QED) is 0.680. The first-order valence-electron chi connectivity index (χ1n) is 5.31. The van der Waals surface area contributed by atoms with Gasteiger partial charge in [0.15, 0.2) is 0 Å². The number of nitrogens with one attached hydrogen (secondary N) is 1. The molecule has 0 spiro atoms. The monoisotopic (exact) mass is 322 g/mol. The lowest BCUT2D eigenvalue weighted by Crippen LogP contribution is -2.18. The van der Waals surface area contributed by atoms with Crippen molar-refractivity contribution in [2.75, 3.05) is 0 Å². The molecule has 0 aliphatic carbocycles. The van der Waals surface area contributed by atoms with Gasteiger partial charge in [-0.3, -0.25) is 4.79 Å².